The summed E-state index contributed by atoms with van der Waals surface area (Å²) < 4.78 is 10.6. The first kappa shape index (κ1) is 13.7. The highest BCUT2D eigenvalue weighted by molar-refractivity contribution is 5.15. The lowest BCUT2D eigenvalue weighted by atomic mass is 10.1. The van der Waals surface area contributed by atoms with Gasteiger partial charge in [0.1, 0.15) is 6.61 Å². The van der Waals surface area contributed by atoms with Crippen LogP contribution in [0.4, 0.5) is 0 Å². The van der Waals surface area contributed by atoms with E-state index in [-0.39, 0.29) is 6.04 Å². The average molecular weight is 261 g/mol. The smallest absolute Gasteiger partial charge is 0.252 e. The van der Waals surface area contributed by atoms with Crippen LogP contribution in [0, 0.1) is 6.92 Å². The van der Waals surface area contributed by atoms with Gasteiger partial charge < -0.3 is 14.6 Å². The molecule has 0 aliphatic heterocycles. The predicted molar refractivity (Wildman–Crippen MR) is 71.7 cm³/mol. The van der Waals surface area contributed by atoms with Gasteiger partial charge in [-0.05, 0) is 26.0 Å². The van der Waals surface area contributed by atoms with Crippen LogP contribution in [-0.4, -0.2) is 29.8 Å². The highest BCUT2D eigenvalue weighted by Crippen LogP contribution is 2.05. The van der Waals surface area contributed by atoms with E-state index in [1.807, 2.05) is 25.2 Å². The van der Waals surface area contributed by atoms with Gasteiger partial charge >= 0.3 is 0 Å². The summed E-state index contributed by atoms with van der Waals surface area (Å²) in [4.78, 5) is 4.09. The molecule has 0 aliphatic carbocycles. The fourth-order valence-corrected chi connectivity index (χ4v) is 1.83. The minimum Gasteiger partial charge on any atom is -0.370 e. The number of hydrogen-bond acceptors (Lipinski definition) is 5. The minimum absolute atomic E-state index is 0.270. The summed E-state index contributed by atoms with van der Waals surface area (Å²) in [6.07, 6.45) is 0.931. The molecule has 19 heavy (non-hydrogen) atoms. The maximum atomic E-state index is 5.60. The second-order valence-electron chi connectivity index (χ2n) is 4.43. The fraction of sp³-hybridized carbons (Fsp3) is 0.429. The van der Waals surface area contributed by atoms with Gasteiger partial charge in [-0.2, -0.15) is 4.98 Å². The second-order valence-corrected chi connectivity index (χ2v) is 4.43. The van der Waals surface area contributed by atoms with Gasteiger partial charge in [-0.3, -0.25) is 0 Å². The molecule has 0 spiro atoms. The Hall–Kier alpha value is -1.72. The standard InChI is InChI=1S/C14H19N3O2/c1-11-16-14(19-17-11)10-18-9-13(15-2)8-12-6-4-3-5-7-12/h3-7,13,15H,8-10H2,1-2H3/t13-/m0/s1. The van der Waals surface area contributed by atoms with Crippen molar-refractivity contribution < 1.29 is 9.26 Å². The van der Waals surface area contributed by atoms with Gasteiger partial charge in [0.25, 0.3) is 5.89 Å². The number of benzene rings is 1. The molecule has 0 bridgehead atoms. The first-order valence-electron chi connectivity index (χ1n) is 6.36. The molecule has 1 aromatic carbocycles. The third-order valence-corrected chi connectivity index (χ3v) is 2.85. The molecule has 1 N–H and O–H groups in total. The number of rotatable bonds is 7. The lowest BCUT2D eigenvalue weighted by Gasteiger charge is -2.15. The normalized spacial score (nSPS) is 12.5. The number of nitrogens with zero attached hydrogens (tertiary/aromatic N) is 2. The van der Waals surface area contributed by atoms with E-state index in [4.69, 9.17) is 9.26 Å². The molecule has 5 nitrogen and oxygen atoms in total. The molecule has 0 radical (unpaired) electrons. The zero-order chi connectivity index (χ0) is 13.5. The van der Waals surface area contributed by atoms with Crippen molar-refractivity contribution in [1.82, 2.24) is 15.5 Å². The summed E-state index contributed by atoms with van der Waals surface area (Å²) in [6, 6.07) is 10.6. The van der Waals surface area contributed by atoms with Gasteiger partial charge in [-0.15, -0.1) is 0 Å². The monoisotopic (exact) mass is 261 g/mol. The molecular formula is C14H19N3O2. The van der Waals surface area contributed by atoms with Gasteiger partial charge in [0.2, 0.25) is 0 Å². The van der Waals surface area contributed by atoms with Crippen molar-refractivity contribution in [2.45, 2.75) is 26.0 Å². The summed E-state index contributed by atoms with van der Waals surface area (Å²) in [6.45, 7) is 2.75. The van der Waals surface area contributed by atoms with Crippen molar-refractivity contribution in [1.29, 1.82) is 0 Å². The molecule has 102 valence electrons. The van der Waals surface area contributed by atoms with E-state index in [0.29, 0.717) is 24.9 Å². The third kappa shape index (κ3) is 4.46. The van der Waals surface area contributed by atoms with Crippen molar-refractivity contribution in [3.8, 4) is 0 Å². The zero-order valence-corrected chi connectivity index (χ0v) is 11.3. The molecular weight excluding hydrogens is 242 g/mol. The largest absolute Gasteiger partial charge is 0.370 e. The molecule has 0 saturated carbocycles. The topological polar surface area (TPSA) is 60.2 Å². The van der Waals surface area contributed by atoms with Crippen LogP contribution in [0.5, 0.6) is 0 Å². The zero-order valence-electron chi connectivity index (χ0n) is 11.3. The Labute approximate surface area is 113 Å². The maximum absolute atomic E-state index is 5.60. The molecule has 0 saturated heterocycles. The van der Waals surface area contributed by atoms with E-state index in [9.17, 15) is 0 Å². The van der Waals surface area contributed by atoms with Crippen LogP contribution in [0.1, 0.15) is 17.3 Å². The molecule has 1 heterocycles. The number of aryl methyl sites for hydroxylation is 1. The number of nitrogens with one attached hydrogen (secondary N) is 1. The molecule has 0 aliphatic rings. The van der Waals surface area contributed by atoms with Gasteiger partial charge in [0.05, 0.1) is 6.61 Å². The van der Waals surface area contributed by atoms with Crippen molar-refractivity contribution >= 4 is 0 Å². The summed E-state index contributed by atoms with van der Waals surface area (Å²) in [7, 11) is 1.94. The van der Waals surface area contributed by atoms with Gasteiger partial charge in [0.15, 0.2) is 5.82 Å². The average Bonchev–Trinajstić information content (AvgIpc) is 2.84. The molecule has 0 fully saturated rings. The summed E-state index contributed by atoms with van der Waals surface area (Å²) in [5.41, 5.74) is 1.29. The maximum Gasteiger partial charge on any atom is 0.252 e. The highest BCUT2D eigenvalue weighted by atomic mass is 16.5. The third-order valence-electron chi connectivity index (χ3n) is 2.85. The number of aromatic nitrogens is 2. The Morgan fingerprint density at radius 3 is 2.74 bits per heavy atom. The summed E-state index contributed by atoms with van der Waals surface area (Å²) >= 11 is 0. The molecule has 1 aromatic heterocycles. The van der Waals surface area contributed by atoms with Crippen LogP contribution >= 0.6 is 0 Å². The Morgan fingerprint density at radius 1 is 1.32 bits per heavy atom. The predicted octanol–water partition coefficient (Wildman–Crippen LogP) is 1.73. The van der Waals surface area contributed by atoms with Gasteiger partial charge in [-0.25, -0.2) is 0 Å². The van der Waals surface area contributed by atoms with E-state index in [1.54, 1.807) is 6.92 Å². The first-order valence-corrected chi connectivity index (χ1v) is 6.36. The van der Waals surface area contributed by atoms with E-state index in [2.05, 4.69) is 27.6 Å². The SMILES string of the molecule is CN[C@H](COCc1nc(C)no1)Cc1ccccc1. The van der Waals surface area contributed by atoms with Crippen LogP contribution in [-0.2, 0) is 17.8 Å². The molecule has 2 aromatic rings. The van der Waals surface area contributed by atoms with Crippen LogP contribution in [0.15, 0.2) is 34.9 Å². The van der Waals surface area contributed by atoms with Crippen molar-refractivity contribution in [3.63, 3.8) is 0 Å². The molecule has 5 heteroatoms. The Bertz CT molecular complexity index is 484. The first-order chi connectivity index (χ1) is 9.28. The van der Waals surface area contributed by atoms with Crippen LogP contribution < -0.4 is 5.32 Å². The number of hydrogen-bond donors (Lipinski definition) is 1. The van der Waals surface area contributed by atoms with Gasteiger partial charge in [0, 0.05) is 6.04 Å². The van der Waals surface area contributed by atoms with Crippen LogP contribution in [0.3, 0.4) is 0 Å². The molecule has 0 amide bonds. The Morgan fingerprint density at radius 2 is 2.11 bits per heavy atom. The van der Waals surface area contributed by atoms with Crippen molar-refractivity contribution in [2.75, 3.05) is 13.7 Å². The molecule has 0 unspecified atom stereocenters. The van der Waals surface area contributed by atoms with Gasteiger partial charge in [-0.1, -0.05) is 35.5 Å². The van der Waals surface area contributed by atoms with E-state index in [0.717, 1.165) is 6.42 Å². The highest BCUT2D eigenvalue weighted by Gasteiger charge is 2.09. The van der Waals surface area contributed by atoms with Crippen molar-refractivity contribution in [3.05, 3.63) is 47.6 Å². The fourth-order valence-electron chi connectivity index (χ4n) is 1.83. The molecule has 2 rings (SSSR count). The number of likely N-dealkylation sites (N-methyl/N-ethyl adjacent to an activating group) is 1. The summed E-state index contributed by atoms with van der Waals surface area (Å²) in [5.74, 6) is 1.15. The summed E-state index contributed by atoms with van der Waals surface area (Å²) in [5, 5.41) is 6.97. The van der Waals surface area contributed by atoms with E-state index in [1.165, 1.54) is 5.56 Å². The lowest BCUT2D eigenvalue weighted by molar-refractivity contribution is 0.0808. The Kier molecular flexibility index (Phi) is 5.06. The van der Waals surface area contributed by atoms with Crippen LogP contribution in [0.2, 0.25) is 0 Å². The Balaban J connectivity index is 1.76. The second kappa shape index (κ2) is 7.01. The van der Waals surface area contributed by atoms with Crippen molar-refractivity contribution in [2.24, 2.45) is 0 Å². The lowest BCUT2D eigenvalue weighted by Crippen LogP contribution is -2.32. The number of ether oxygens (including phenoxy) is 1. The van der Waals surface area contributed by atoms with Crippen LogP contribution in [0.25, 0.3) is 0 Å². The quantitative estimate of drug-likeness (QED) is 0.822. The van der Waals surface area contributed by atoms with E-state index < -0.39 is 0 Å². The van der Waals surface area contributed by atoms with E-state index >= 15 is 0 Å². The minimum atomic E-state index is 0.270. The molecule has 1 atom stereocenters.